The first-order valence-corrected chi connectivity index (χ1v) is 25.1. The van der Waals surface area contributed by atoms with Gasteiger partial charge in [-0.25, -0.2) is 0 Å². The van der Waals surface area contributed by atoms with E-state index in [9.17, 15) is 0 Å². The van der Waals surface area contributed by atoms with E-state index in [0.717, 1.165) is 138 Å². The lowest BCUT2D eigenvalue weighted by atomic mass is 9.90. The average Bonchev–Trinajstić information content (AvgIpc) is 4.01. The highest BCUT2D eigenvalue weighted by atomic mass is 15.1. The van der Waals surface area contributed by atoms with Crippen molar-refractivity contribution in [3.63, 3.8) is 0 Å². The van der Waals surface area contributed by atoms with Crippen LogP contribution in [0.2, 0.25) is 0 Å². The van der Waals surface area contributed by atoms with Crippen molar-refractivity contribution in [2.75, 3.05) is 95.0 Å². The van der Waals surface area contributed by atoms with Crippen molar-refractivity contribution in [3.8, 4) is 59.2 Å². The van der Waals surface area contributed by atoms with E-state index >= 15 is 0 Å². The Morgan fingerprint density at radius 2 is 0.347 bits per heavy atom. The Labute approximate surface area is 441 Å². The summed E-state index contributed by atoms with van der Waals surface area (Å²) in [5.41, 5.74) is 14.9. The number of nitrogens with zero attached hydrogens (tertiary/aromatic N) is 5. The van der Waals surface area contributed by atoms with Crippen LogP contribution in [0.25, 0.3) is 53.9 Å². The highest BCUT2D eigenvalue weighted by molar-refractivity contribution is 6.46. The number of hydrogen-bond donors (Lipinski definition) is 0. The lowest BCUT2D eigenvalue weighted by Crippen LogP contribution is -2.07. The summed E-state index contributed by atoms with van der Waals surface area (Å²) in [6.45, 7) is 0. The third-order valence-corrected chi connectivity index (χ3v) is 14.1. The predicted octanol–water partition coefficient (Wildman–Crippen LogP) is 13.1. The molecule has 0 heterocycles. The number of hydrogen-bond acceptors (Lipinski definition) is 5. The van der Waals surface area contributed by atoms with Crippen molar-refractivity contribution in [2.45, 2.75) is 0 Å². The number of benzene rings is 10. The summed E-state index contributed by atoms with van der Waals surface area (Å²) in [5, 5.41) is 11.0. The van der Waals surface area contributed by atoms with Gasteiger partial charge in [-0.2, -0.15) is 0 Å². The molecule has 0 amide bonds. The quantitative estimate of drug-likeness (QED) is 0.126. The molecule has 0 saturated heterocycles. The van der Waals surface area contributed by atoms with E-state index in [2.05, 4.69) is 306 Å². The molecule has 11 aromatic carbocycles. The molecule has 360 valence electrons. The van der Waals surface area contributed by atoms with Crippen LogP contribution in [-0.2, 0) is 0 Å². The molecule has 75 heavy (non-hydrogen) atoms. The van der Waals surface area contributed by atoms with Crippen LogP contribution >= 0.6 is 0 Å². The van der Waals surface area contributed by atoms with Crippen molar-refractivity contribution in [1.29, 1.82) is 0 Å². The van der Waals surface area contributed by atoms with Crippen molar-refractivity contribution in [1.82, 2.24) is 0 Å². The van der Waals surface area contributed by atoms with E-state index in [-0.39, 0.29) is 0 Å². The van der Waals surface area contributed by atoms with Crippen molar-refractivity contribution in [2.24, 2.45) is 0 Å². The van der Waals surface area contributed by atoms with E-state index in [0.29, 0.717) is 0 Å². The van der Waals surface area contributed by atoms with Gasteiger partial charge in [-0.3, -0.25) is 0 Å². The predicted molar refractivity (Wildman–Crippen MR) is 321 cm³/mol. The second-order valence-corrected chi connectivity index (χ2v) is 20.2. The van der Waals surface area contributed by atoms with E-state index in [1.54, 1.807) is 0 Å². The highest BCUT2D eigenvalue weighted by Gasteiger charge is 2.27. The molecule has 0 aliphatic rings. The van der Waals surface area contributed by atoms with Crippen molar-refractivity contribution < 1.29 is 0 Å². The molecule has 0 aliphatic heterocycles. The Bertz CT molecular complexity index is 3610. The topological polar surface area (TPSA) is 16.2 Å². The number of rotatable bonds is 5. The summed E-state index contributed by atoms with van der Waals surface area (Å²) >= 11 is 0. The smallest absolute Gasteiger partial charge is 0.0361 e. The summed E-state index contributed by atoms with van der Waals surface area (Å²) in [6, 6.07) is 53.4. The zero-order valence-electron chi connectivity index (χ0n) is 44.2. The summed E-state index contributed by atoms with van der Waals surface area (Å²) < 4.78 is 0. The SMILES string of the molecule is CN(C)c1ccc(C#Cc2cc3c(C#Cc4ccc(N(C)C)cc4)cc4c(C#Cc5ccc(N(C)C)cc5)cc5c(C#Cc6ccc(N(C)C)cc6)cc6c(C#Cc7ccc(N(C)C)cc7)cc2c2c6c5c4c32)cc1. The van der Waals surface area contributed by atoms with Gasteiger partial charge in [0.1, 0.15) is 0 Å². The van der Waals surface area contributed by atoms with Crippen LogP contribution in [0.1, 0.15) is 55.6 Å². The van der Waals surface area contributed by atoms with Gasteiger partial charge in [-0.1, -0.05) is 59.2 Å². The van der Waals surface area contributed by atoms with Gasteiger partial charge in [0, 0.05) is 181 Å². The zero-order valence-corrected chi connectivity index (χ0v) is 44.2. The van der Waals surface area contributed by atoms with E-state index in [1.807, 2.05) is 0 Å². The van der Waals surface area contributed by atoms with Gasteiger partial charge < -0.3 is 24.5 Å². The van der Waals surface area contributed by atoms with Gasteiger partial charge in [-0.15, -0.1) is 0 Å². The summed E-state index contributed by atoms with van der Waals surface area (Å²) in [5.74, 6) is 36.3. The van der Waals surface area contributed by atoms with Gasteiger partial charge in [0.15, 0.2) is 0 Å². The Kier molecular flexibility index (Phi) is 12.3. The number of anilines is 5. The molecule has 0 fully saturated rings. The Balaban J connectivity index is 1.25. The Morgan fingerprint density at radius 1 is 0.200 bits per heavy atom. The van der Waals surface area contributed by atoms with Gasteiger partial charge in [-0.05, 0) is 179 Å². The normalized spacial score (nSPS) is 10.8. The molecular formula is C70H55N5. The molecule has 0 saturated carbocycles. The van der Waals surface area contributed by atoms with Gasteiger partial charge in [0.25, 0.3) is 0 Å². The van der Waals surface area contributed by atoms with Crippen LogP contribution in [0.5, 0.6) is 0 Å². The molecule has 0 aliphatic carbocycles. The van der Waals surface area contributed by atoms with E-state index in [4.69, 9.17) is 0 Å². The molecule has 5 heteroatoms. The first-order valence-electron chi connectivity index (χ1n) is 25.1. The molecule has 0 atom stereocenters. The molecule has 0 spiro atoms. The average molecular weight is 966 g/mol. The second-order valence-electron chi connectivity index (χ2n) is 20.2. The standard InChI is InChI=1S/C70H55N5/c1-71(2)56-31-16-46(17-32-56)11-26-51-41-62-53(28-13-48-20-35-58(36-21-48)73(5)6)43-64-55(30-15-50-24-39-60(40-25-50)75(9)10)45-65-54(29-14-49-22-37-59(38-23-49)74(7)8)44-63-52(27-12-47-18-33-57(34-19-47)72(3)4)42-61(51)66-67(62)69(64)70(65)68(63)66/h16-25,31-45H,1-10H3. The Hall–Kier alpha value is -9.70. The van der Waals surface area contributed by atoms with E-state index in [1.165, 1.54) is 0 Å². The maximum absolute atomic E-state index is 3.69. The lowest BCUT2D eigenvalue weighted by Gasteiger charge is -2.12. The highest BCUT2D eigenvalue weighted by Crippen LogP contribution is 2.52. The molecule has 5 nitrogen and oxygen atoms in total. The minimum absolute atomic E-state index is 0.916. The fourth-order valence-electron chi connectivity index (χ4n) is 9.93. The largest absolute Gasteiger partial charge is 0.378 e. The Morgan fingerprint density at radius 3 is 0.480 bits per heavy atom. The first kappa shape index (κ1) is 47.6. The monoisotopic (exact) mass is 965 g/mol. The fourth-order valence-corrected chi connectivity index (χ4v) is 9.93. The third-order valence-electron chi connectivity index (χ3n) is 14.1. The molecule has 0 N–H and O–H groups in total. The third kappa shape index (κ3) is 9.13. The minimum Gasteiger partial charge on any atom is -0.378 e. The molecule has 11 rings (SSSR count). The molecule has 0 aromatic heterocycles. The minimum atomic E-state index is 0.916. The molecule has 0 radical (unpaired) electrons. The van der Waals surface area contributed by atoms with Crippen LogP contribution in [-0.4, -0.2) is 70.5 Å². The summed E-state index contributed by atoms with van der Waals surface area (Å²) in [4.78, 5) is 10.5. The van der Waals surface area contributed by atoms with Gasteiger partial charge >= 0.3 is 0 Å². The molecular weight excluding hydrogens is 911 g/mol. The lowest BCUT2D eigenvalue weighted by molar-refractivity contribution is 1.13. The summed E-state index contributed by atoms with van der Waals surface area (Å²) in [7, 11) is 20.5. The van der Waals surface area contributed by atoms with Crippen molar-refractivity contribution in [3.05, 3.63) is 207 Å². The second kappa shape index (κ2) is 19.4. The molecule has 11 aromatic rings. The van der Waals surface area contributed by atoms with Crippen LogP contribution in [0.3, 0.4) is 0 Å². The van der Waals surface area contributed by atoms with Crippen LogP contribution < -0.4 is 24.5 Å². The van der Waals surface area contributed by atoms with Crippen molar-refractivity contribution >= 4 is 82.3 Å². The van der Waals surface area contributed by atoms with Crippen LogP contribution in [0.4, 0.5) is 28.4 Å². The maximum atomic E-state index is 3.69. The summed E-state index contributed by atoms with van der Waals surface area (Å²) in [6.07, 6.45) is 0. The first-order chi connectivity index (χ1) is 36.3. The zero-order chi connectivity index (χ0) is 52.1. The van der Waals surface area contributed by atoms with Crippen LogP contribution in [0, 0.1) is 59.2 Å². The van der Waals surface area contributed by atoms with E-state index < -0.39 is 0 Å². The van der Waals surface area contributed by atoms with Gasteiger partial charge in [0.2, 0.25) is 0 Å². The maximum Gasteiger partial charge on any atom is 0.0361 e. The fraction of sp³-hybridized carbons (Fsp3) is 0.143. The molecule has 0 unspecified atom stereocenters. The molecule has 0 bridgehead atoms. The van der Waals surface area contributed by atoms with Crippen LogP contribution in [0.15, 0.2) is 152 Å². The van der Waals surface area contributed by atoms with Gasteiger partial charge in [0.05, 0.1) is 0 Å².